The Balaban J connectivity index is 2.43. The van der Waals surface area contributed by atoms with E-state index >= 15 is 0 Å². The molecule has 0 unspecified atom stereocenters. The predicted molar refractivity (Wildman–Crippen MR) is 69.6 cm³/mol. The molecule has 1 aliphatic rings. The van der Waals surface area contributed by atoms with Gasteiger partial charge in [-0.3, -0.25) is 4.99 Å². The molecule has 0 saturated carbocycles. The van der Waals surface area contributed by atoms with Crippen LogP contribution in [0.15, 0.2) is 4.99 Å². The Hall–Kier alpha value is -0.770. The average molecular weight is 226 g/mol. The molecule has 0 spiro atoms. The first-order chi connectivity index (χ1) is 7.50. The zero-order valence-corrected chi connectivity index (χ0v) is 11.1. The molecule has 0 aromatic carbocycles. The number of hydrogen-bond donors (Lipinski definition) is 1. The normalized spacial score (nSPS) is 20.4. The van der Waals surface area contributed by atoms with Crippen LogP contribution in [0.1, 0.15) is 26.7 Å². The Bertz CT molecular complexity index is 229. The van der Waals surface area contributed by atoms with Gasteiger partial charge in [-0.05, 0) is 38.9 Å². The molecule has 0 amide bonds. The highest BCUT2D eigenvalue weighted by atomic mass is 15.3. The van der Waals surface area contributed by atoms with Gasteiger partial charge in [-0.1, -0.05) is 13.8 Å². The van der Waals surface area contributed by atoms with Crippen LogP contribution in [0.4, 0.5) is 0 Å². The molecular formula is C12H26N4. The molecule has 0 aliphatic carbocycles. The van der Waals surface area contributed by atoms with Gasteiger partial charge in [-0.25, -0.2) is 0 Å². The zero-order chi connectivity index (χ0) is 12.1. The predicted octanol–water partition coefficient (Wildman–Crippen LogP) is 0.983. The fraction of sp³-hybridized carbons (Fsp3) is 0.917. The van der Waals surface area contributed by atoms with Gasteiger partial charge in [0.25, 0.3) is 0 Å². The van der Waals surface area contributed by atoms with Crippen molar-refractivity contribution >= 4 is 5.96 Å². The van der Waals surface area contributed by atoms with Crippen LogP contribution in [0, 0.1) is 5.92 Å². The maximum atomic E-state index is 5.99. The van der Waals surface area contributed by atoms with Crippen LogP contribution in [0.25, 0.3) is 0 Å². The van der Waals surface area contributed by atoms with E-state index < -0.39 is 0 Å². The Labute approximate surface area is 99.5 Å². The smallest absolute Gasteiger partial charge is 0.191 e. The number of guanidine groups is 1. The Morgan fingerprint density at radius 1 is 1.44 bits per heavy atom. The van der Waals surface area contributed by atoms with Gasteiger partial charge in [0.15, 0.2) is 5.96 Å². The highest BCUT2D eigenvalue weighted by Crippen LogP contribution is 2.13. The van der Waals surface area contributed by atoms with Gasteiger partial charge in [0.1, 0.15) is 0 Å². The Morgan fingerprint density at radius 3 is 2.50 bits per heavy atom. The number of piperidine rings is 1. The van der Waals surface area contributed by atoms with Crippen LogP contribution in [-0.4, -0.2) is 55.5 Å². The number of rotatable bonds is 3. The van der Waals surface area contributed by atoms with Crippen molar-refractivity contribution in [3.8, 4) is 0 Å². The first-order valence-corrected chi connectivity index (χ1v) is 6.22. The molecule has 0 atom stereocenters. The van der Waals surface area contributed by atoms with Crippen LogP contribution in [0.3, 0.4) is 0 Å². The molecule has 4 nitrogen and oxygen atoms in total. The molecule has 16 heavy (non-hydrogen) atoms. The molecule has 1 aliphatic heterocycles. The van der Waals surface area contributed by atoms with E-state index in [1.54, 1.807) is 0 Å². The number of aliphatic imine (C=N–C) groups is 1. The summed E-state index contributed by atoms with van der Waals surface area (Å²) >= 11 is 0. The minimum atomic E-state index is 0.562. The average Bonchev–Trinajstić information content (AvgIpc) is 2.26. The first-order valence-electron chi connectivity index (χ1n) is 6.22. The van der Waals surface area contributed by atoms with Gasteiger partial charge < -0.3 is 15.5 Å². The summed E-state index contributed by atoms with van der Waals surface area (Å²) in [7, 11) is 4.24. The monoisotopic (exact) mass is 226 g/mol. The van der Waals surface area contributed by atoms with Crippen LogP contribution < -0.4 is 5.73 Å². The maximum Gasteiger partial charge on any atom is 0.191 e. The Morgan fingerprint density at radius 2 is 2.00 bits per heavy atom. The molecule has 94 valence electrons. The van der Waals surface area contributed by atoms with Crippen molar-refractivity contribution in [2.45, 2.75) is 32.7 Å². The summed E-state index contributed by atoms with van der Waals surface area (Å²) in [5, 5.41) is 0. The molecular weight excluding hydrogens is 200 g/mol. The standard InChI is InChI=1S/C12H26N4/c1-10(2)9-14-12(13)16(4)11-5-7-15(3)8-6-11/h10-11H,5-9H2,1-4H3,(H2,13,14). The third-order valence-electron chi connectivity index (χ3n) is 3.22. The number of nitrogens with two attached hydrogens (primary N) is 1. The number of likely N-dealkylation sites (tertiary alicyclic amines) is 1. The summed E-state index contributed by atoms with van der Waals surface area (Å²) in [5.74, 6) is 1.27. The van der Waals surface area contributed by atoms with Crippen LogP contribution in [-0.2, 0) is 0 Å². The minimum absolute atomic E-state index is 0.562. The molecule has 1 fully saturated rings. The minimum Gasteiger partial charge on any atom is -0.370 e. The number of hydrogen-bond acceptors (Lipinski definition) is 2. The van der Waals surface area contributed by atoms with Crippen molar-refractivity contribution in [1.82, 2.24) is 9.80 Å². The fourth-order valence-electron chi connectivity index (χ4n) is 1.96. The van der Waals surface area contributed by atoms with E-state index in [1.807, 2.05) is 0 Å². The van der Waals surface area contributed by atoms with Crippen LogP contribution in [0.2, 0.25) is 0 Å². The van der Waals surface area contributed by atoms with Crippen molar-refractivity contribution in [3.05, 3.63) is 0 Å². The van der Waals surface area contributed by atoms with Crippen molar-refractivity contribution in [2.75, 3.05) is 33.7 Å². The van der Waals surface area contributed by atoms with Crippen LogP contribution >= 0.6 is 0 Å². The van der Waals surface area contributed by atoms with E-state index in [1.165, 1.54) is 12.8 Å². The van der Waals surface area contributed by atoms with Crippen molar-refractivity contribution in [1.29, 1.82) is 0 Å². The van der Waals surface area contributed by atoms with Crippen LogP contribution in [0.5, 0.6) is 0 Å². The lowest BCUT2D eigenvalue weighted by atomic mass is 10.0. The molecule has 0 radical (unpaired) electrons. The molecule has 0 bridgehead atoms. The summed E-state index contributed by atoms with van der Waals surface area (Å²) in [6.45, 7) is 7.46. The van der Waals surface area contributed by atoms with E-state index in [0.717, 1.165) is 19.6 Å². The fourth-order valence-corrected chi connectivity index (χ4v) is 1.96. The van der Waals surface area contributed by atoms with E-state index in [9.17, 15) is 0 Å². The lowest BCUT2D eigenvalue weighted by Crippen LogP contribution is -2.47. The maximum absolute atomic E-state index is 5.99. The summed E-state index contributed by atoms with van der Waals surface area (Å²) in [6.07, 6.45) is 2.37. The second-order valence-electron chi connectivity index (χ2n) is 5.24. The molecule has 0 aromatic rings. The molecule has 1 rings (SSSR count). The summed E-state index contributed by atoms with van der Waals surface area (Å²) in [6, 6.07) is 0.562. The van der Waals surface area contributed by atoms with E-state index in [0.29, 0.717) is 17.9 Å². The molecule has 1 saturated heterocycles. The van der Waals surface area contributed by atoms with Crippen molar-refractivity contribution < 1.29 is 0 Å². The zero-order valence-electron chi connectivity index (χ0n) is 11.1. The lowest BCUT2D eigenvalue weighted by Gasteiger charge is -2.35. The van der Waals surface area contributed by atoms with Gasteiger partial charge in [-0.2, -0.15) is 0 Å². The summed E-state index contributed by atoms with van der Waals surface area (Å²) < 4.78 is 0. The molecule has 2 N–H and O–H groups in total. The van der Waals surface area contributed by atoms with Gasteiger partial charge in [0.05, 0.1) is 0 Å². The molecule has 4 heteroatoms. The molecule has 0 aromatic heterocycles. The molecule has 1 heterocycles. The van der Waals surface area contributed by atoms with Gasteiger partial charge in [0.2, 0.25) is 0 Å². The SMILES string of the molecule is CC(C)CN=C(N)N(C)C1CCN(C)CC1. The third-order valence-corrected chi connectivity index (χ3v) is 3.22. The summed E-state index contributed by atoms with van der Waals surface area (Å²) in [4.78, 5) is 8.94. The van der Waals surface area contributed by atoms with Gasteiger partial charge >= 0.3 is 0 Å². The van der Waals surface area contributed by atoms with Crippen molar-refractivity contribution in [3.63, 3.8) is 0 Å². The Kier molecular flexibility index (Phi) is 5.06. The van der Waals surface area contributed by atoms with Gasteiger partial charge in [0, 0.05) is 19.6 Å². The van der Waals surface area contributed by atoms with E-state index in [2.05, 4.69) is 42.7 Å². The highest BCUT2D eigenvalue weighted by Gasteiger charge is 2.21. The third kappa shape index (κ3) is 4.00. The second kappa shape index (κ2) is 6.09. The topological polar surface area (TPSA) is 44.9 Å². The van der Waals surface area contributed by atoms with E-state index in [4.69, 9.17) is 5.73 Å². The first kappa shape index (κ1) is 13.3. The number of nitrogens with zero attached hydrogens (tertiary/aromatic N) is 3. The quantitative estimate of drug-likeness (QED) is 0.576. The highest BCUT2D eigenvalue weighted by molar-refractivity contribution is 5.78. The summed E-state index contributed by atoms with van der Waals surface area (Å²) in [5.41, 5.74) is 5.99. The largest absolute Gasteiger partial charge is 0.370 e. The van der Waals surface area contributed by atoms with Gasteiger partial charge in [-0.15, -0.1) is 0 Å². The van der Waals surface area contributed by atoms with E-state index in [-0.39, 0.29) is 0 Å². The second-order valence-corrected chi connectivity index (χ2v) is 5.24. The van der Waals surface area contributed by atoms with Crippen molar-refractivity contribution in [2.24, 2.45) is 16.6 Å². The lowest BCUT2D eigenvalue weighted by molar-refractivity contribution is 0.191.